The van der Waals surface area contributed by atoms with Crippen LogP contribution in [0.2, 0.25) is 0 Å². The van der Waals surface area contributed by atoms with Crippen LogP contribution in [0.1, 0.15) is 27.7 Å². The molecule has 1 fully saturated rings. The Morgan fingerprint density at radius 3 is 1.46 bits per heavy atom. The zero-order chi connectivity index (χ0) is 32.9. The summed E-state index contributed by atoms with van der Waals surface area (Å²) in [6.07, 6.45) is 2.07. The Kier molecular flexibility index (Phi) is 7.36. The molecule has 0 amide bonds. The number of pyridine rings is 1. The molecule has 234 valence electrons. The molecule has 0 saturated carbocycles. The minimum Gasteiger partial charge on any atom is -0.399 e. The molecule has 2 aromatic heterocycles. The van der Waals surface area contributed by atoms with E-state index in [9.17, 15) is 0 Å². The molecular formula is C42H36BN3O2. The van der Waals surface area contributed by atoms with Crippen LogP contribution in [0.5, 0.6) is 0 Å². The van der Waals surface area contributed by atoms with E-state index in [0.29, 0.717) is 5.82 Å². The maximum absolute atomic E-state index is 6.28. The topological polar surface area (TPSA) is 48.7 Å². The fourth-order valence-corrected chi connectivity index (χ4v) is 6.21. The van der Waals surface area contributed by atoms with Crippen molar-refractivity contribution in [2.75, 3.05) is 0 Å². The van der Waals surface area contributed by atoms with Crippen LogP contribution in [0, 0.1) is 0 Å². The molecule has 5 nitrogen and oxygen atoms in total. The molecule has 8 rings (SSSR count). The van der Waals surface area contributed by atoms with Crippen LogP contribution in [0.25, 0.3) is 61.5 Å². The van der Waals surface area contributed by atoms with Gasteiger partial charge in [0.2, 0.25) is 0 Å². The average Bonchev–Trinajstić information content (AvgIpc) is 3.65. The van der Waals surface area contributed by atoms with Crippen molar-refractivity contribution in [1.82, 2.24) is 14.6 Å². The third-order valence-electron chi connectivity index (χ3n) is 9.76. The number of hydrogen-bond donors (Lipinski definition) is 0. The van der Waals surface area contributed by atoms with E-state index in [0.717, 1.165) is 38.9 Å². The summed E-state index contributed by atoms with van der Waals surface area (Å²) in [5.74, 6) is 0.661. The minimum atomic E-state index is -0.417. The van der Waals surface area contributed by atoms with Crippen LogP contribution in [0.3, 0.4) is 0 Å². The first-order valence-corrected chi connectivity index (χ1v) is 16.4. The number of fused-ring (bicyclic) bond motifs is 1. The Balaban J connectivity index is 1.18. The minimum absolute atomic E-state index is 0.394. The zero-order valence-electron chi connectivity index (χ0n) is 27.6. The number of benzene rings is 5. The molecular weight excluding hydrogens is 589 g/mol. The lowest BCUT2D eigenvalue weighted by atomic mass is 9.79. The summed E-state index contributed by atoms with van der Waals surface area (Å²) in [6, 6.07) is 48.7. The quantitative estimate of drug-likeness (QED) is 0.173. The van der Waals surface area contributed by atoms with E-state index >= 15 is 0 Å². The van der Waals surface area contributed by atoms with E-state index in [1.807, 2.05) is 40.9 Å². The van der Waals surface area contributed by atoms with Crippen LogP contribution >= 0.6 is 0 Å². The van der Waals surface area contributed by atoms with Crippen molar-refractivity contribution in [2.24, 2.45) is 0 Å². The van der Waals surface area contributed by atoms with Crippen molar-refractivity contribution in [2.45, 2.75) is 38.9 Å². The lowest BCUT2D eigenvalue weighted by molar-refractivity contribution is 0.00578. The van der Waals surface area contributed by atoms with Crippen molar-refractivity contribution < 1.29 is 9.31 Å². The molecule has 1 aliphatic rings. The van der Waals surface area contributed by atoms with Crippen molar-refractivity contribution >= 4 is 18.2 Å². The van der Waals surface area contributed by atoms with Gasteiger partial charge >= 0.3 is 7.12 Å². The molecule has 0 radical (unpaired) electrons. The van der Waals surface area contributed by atoms with Gasteiger partial charge in [-0.25, -0.2) is 9.50 Å². The van der Waals surface area contributed by atoms with Crippen molar-refractivity contribution in [3.05, 3.63) is 146 Å². The van der Waals surface area contributed by atoms with Crippen LogP contribution in [0.15, 0.2) is 146 Å². The van der Waals surface area contributed by atoms with Crippen LogP contribution < -0.4 is 5.46 Å². The molecule has 0 aliphatic carbocycles. The molecule has 0 N–H and O–H groups in total. The molecule has 6 heteroatoms. The van der Waals surface area contributed by atoms with Crippen molar-refractivity contribution in [3.8, 4) is 55.9 Å². The van der Waals surface area contributed by atoms with Gasteiger partial charge in [-0.15, -0.1) is 5.10 Å². The first-order chi connectivity index (χ1) is 23.2. The molecule has 48 heavy (non-hydrogen) atoms. The van der Waals surface area contributed by atoms with Gasteiger partial charge in [0.05, 0.1) is 11.2 Å². The largest absolute Gasteiger partial charge is 0.494 e. The Bertz CT molecular complexity index is 2190. The lowest BCUT2D eigenvalue weighted by Gasteiger charge is -2.32. The summed E-state index contributed by atoms with van der Waals surface area (Å²) < 4.78 is 14.5. The number of aromatic nitrogens is 3. The first-order valence-electron chi connectivity index (χ1n) is 16.4. The molecule has 7 aromatic rings. The van der Waals surface area contributed by atoms with E-state index in [4.69, 9.17) is 19.4 Å². The maximum Gasteiger partial charge on any atom is 0.494 e. The van der Waals surface area contributed by atoms with Gasteiger partial charge in [-0.05, 0) is 72.6 Å². The second kappa shape index (κ2) is 11.7. The van der Waals surface area contributed by atoms with Gasteiger partial charge in [-0.3, -0.25) is 0 Å². The molecule has 0 spiro atoms. The van der Waals surface area contributed by atoms with Crippen LogP contribution in [0.4, 0.5) is 0 Å². The highest BCUT2D eigenvalue weighted by Crippen LogP contribution is 2.37. The summed E-state index contributed by atoms with van der Waals surface area (Å²) >= 11 is 0. The summed E-state index contributed by atoms with van der Waals surface area (Å²) in [6.45, 7) is 8.28. The highest BCUT2D eigenvalue weighted by molar-refractivity contribution is 6.62. The van der Waals surface area contributed by atoms with Gasteiger partial charge in [0.1, 0.15) is 0 Å². The number of rotatable bonds is 6. The fraction of sp³-hybridized carbons (Fsp3) is 0.143. The van der Waals surface area contributed by atoms with Crippen molar-refractivity contribution in [1.29, 1.82) is 0 Å². The Morgan fingerprint density at radius 2 is 0.938 bits per heavy atom. The van der Waals surface area contributed by atoms with Gasteiger partial charge in [0.15, 0.2) is 11.5 Å². The van der Waals surface area contributed by atoms with E-state index in [1.165, 1.54) is 22.3 Å². The monoisotopic (exact) mass is 625 g/mol. The molecule has 1 aliphatic heterocycles. The number of hydrogen-bond acceptors (Lipinski definition) is 4. The molecule has 5 aromatic carbocycles. The predicted octanol–water partition coefficient (Wildman–Crippen LogP) is 9.36. The number of nitrogens with zero attached hydrogens (tertiary/aromatic N) is 3. The third-order valence-corrected chi connectivity index (χ3v) is 9.76. The summed E-state index contributed by atoms with van der Waals surface area (Å²) in [5.41, 5.74) is 10.9. The molecule has 0 unspecified atom stereocenters. The fourth-order valence-electron chi connectivity index (χ4n) is 6.21. The standard InChI is InChI=1S/C42H36BN3O2/c1-41(2)42(3,4)48-43(47-41)37-25-23-35(24-26-37)39-44-40-38(34-21-19-32(20-22-34)30-13-9-6-10-14-30)27-36(28-46(40)45-39)33-17-15-31(16-18-33)29-11-7-5-8-12-29/h5-28H,1-4H3. The lowest BCUT2D eigenvalue weighted by Crippen LogP contribution is -2.41. The Hall–Kier alpha value is -5.30. The smallest absolute Gasteiger partial charge is 0.399 e. The van der Waals surface area contributed by atoms with Gasteiger partial charge in [0, 0.05) is 22.9 Å². The van der Waals surface area contributed by atoms with Crippen LogP contribution in [-0.2, 0) is 9.31 Å². The first kappa shape index (κ1) is 30.1. The maximum atomic E-state index is 6.28. The summed E-state index contributed by atoms with van der Waals surface area (Å²) in [5, 5.41) is 5.00. The Labute approximate surface area is 282 Å². The van der Waals surface area contributed by atoms with E-state index in [-0.39, 0.29) is 0 Å². The predicted molar refractivity (Wildman–Crippen MR) is 196 cm³/mol. The summed E-state index contributed by atoms with van der Waals surface area (Å²) in [4.78, 5) is 5.09. The van der Waals surface area contributed by atoms with Crippen molar-refractivity contribution in [3.63, 3.8) is 0 Å². The third kappa shape index (κ3) is 5.53. The zero-order valence-corrected chi connectivity index (χ0v) is 27.6. The summed E-state index contributed by atoms with van der Waals surface area (Å²) in [7, 11) is -0.417. The van der Waals surface area contributed by atoms with Gasteiger partial charge in [-0.2, -0.15) is 0 Å². The molecule has 0 atom stereocenters. The molecule has 1 saturated heterocycles. The molecule has 3 heterocycles. The second-order valence-corrected chi connectivity index (χ2v) is 13.4. The highest BCUT2D eigenvalue weighted by Gasteiger charge is 2.51. The Morgan fingerprint density at radius 1 is 0.500 bits per heavy atom. The SMILES string of the molecule is CC1(C)OB(c2ccc(-c3nc4c(-c5ccc(-c6ccccc6)cc5)cc(-c5ccc(-c6ccccc6)cc5)cn4n3)cc2)OC1(C)C. The van der Waals surface area contributed by atoms with Gasteiger partial charge in [-0.1, -0.05) is 133 Å². The van der Waals surface area contributed by atoms with E-state index in [1.54, 1.807) is 0 Å². The van der Waals surface area contributed by atoms with E-state index in [2.05, 4.69) is 137 Å². The highest BCUT2D eigenvalue weighted by atomic mass is 16.7. The molecule has 0 bridgehead atoms. The average molecular weight is 626 g/mol. The van der Waals surface area contributed by atoms with Crippen LogP contribution in [-0.4, -0.2) is 32.9 Å². The normalized spacial score (nSPS) is 15.2. The van der Waals surface area contributed by atoms with E-state index < -0.39 is 18.3 Å². The van der Waals surface area contributed by atoms with Gasteiger partial charge < -0.3 is 9.31 Å². The van der Waals surface area contributed by atoms with Gasteiger partial charge in [0.25, 0.3) is 0 Å². The second-order valence-electron chi connectivity index (χ2n) is 13.4.